The fourth-order valence-electron chi connectivity index (χ4n) is 3.27. The summed E-state index contributed by atoms with van der Waals surface area (Å²) in [5.74, 6) is 0.365. The van der Waals surface area contributed by atoms with Crippen molar-refractivity contribution in [1.29, 1.82) is 0 Å². The number of carboxylic acids is 1. The van der Waals surface area contributed by atoms with Crippen molar-refractivity contribution < 1.29 is 14.6 Å². The molecule has 7 heteroatoms. The van der Waals surface area contributed by atoms with Crippen LogP contribution in [-0.4, -0.2) is 35.6 Å². The van der Waals surface area contributed by atoms with Crippen LogP contribution in [0.3, 0.4) is 0 Å². The van der Waals surface area contributed by atoms with Crippen LogP contribution in [0.15, 0.2) is 35.5 Å². The Kier molecular flexibility index (Phi) is 6.68. The lowest BCUT2D eigenvalue weighted by molar-refractivity contribution is -0.255. The van der Waals surface area contributed by atoms with Crippen molar-refractivity contribution in [1.82, 2.24) is 9.97 Å². The fraction of sp³-hybridized carbons (Fsp3) is 0.450. The first kappa shape index (κ1) is 19.6. The molecule has 0 N–H and O–H groups in total. The van der Waals surface area contributed by atoms with E-state index in [-0.39, 0.29) is 5.56 Å². The molecule has 0 radical (unpaired) electrons. The molecule has 0 bridgehead atoms. The third kappa shape index (κ3) is 5.20. The van der Waals surface area contributed by atoms with Crippen LogP contribution < -0.4 is 10.0 Å². The van der Waals surface area contributed by atoms with E-state index in [1.807, 2.05) is 12.1 Å². The zero-order chi connectivity index (χ0) is 19.2. The maximum atomic E-state index is 11.0. The lowest BCUT2D eigenvalue weighted by Crippen LogP contribution is -2.38. The van der Waals surface area contributed by atoms with E-state index in [1.165, 1.54) is 37.1 Å². The lowest BCUT2D eigenvalue weighted by Gasteiger charge is -2.34. The minimum absolute atomic E-state index is 0.185. The van der Waals surface area contributed by atoms with E-state index >= 15 is 0 Å². The van der Waals surface area contributed by atoms with E-state index in [4.69, 9.17) is 9.72 Å². The van der Waals surface area contributed by atoms with Gasteiger partial charge in [-0.25, -0.2) is 9.97 Å². The summed E-state index contributed by atoms with van der Waals surface area (Å²) in [5.41, 5.74) is 1.94. The number of hydrogen-bond donors (Lipinski definition) is 0. The van der Waals surface area contributed by atoms with Gasteiger partial charge in [-0.1, -0.05) is 30.0 Å². The number of piperidine rings is 1. The van der Waals surface area contributed by atoms with Crippen molar-refractivity contribution in [3.05, 3.63) is 47.2 Å². The second-order valence-corrected chi connectivity index (χ2v) is 7.69. The number of carbonyl (C=O) groups is 1. The van der Waals surface area contributed by atoms with Gasteiger partial charge in [-0.15, -0.1) is 0 Å². The van der Waals surface area contributed by atoms with E-state index in [0.29, 0.717) is 23.6 Å². The van der Waals surface area contributed by atoms with E-state index in [9.17, 15) is 9.90 Å². The largest absolute Gasteiger partial charge is 0.545 e. The van der Waals surface area contributed by atoms with Crippen molar-refractivity contribution in [2.24, 2.45) is 0 Å². The van der Waals surface area contributed by atoms with Crippen LogP contribution in [0.5, 0.6) is 0 Å². The monoisotopic (exact) mass is 386 g/mol. The van der Waals surface area contributed by atoms with Gasteiger partial charge in [-0.05, 0) is 43.4 Å². The summed E-state index contributed by atoms with van der Waals surface area (Å²) in [6.07, 6.45) is 3.60. The Morgan fingerprint density at radius 3 is 2.93 bits per heavy atom. The smallest absolute Gasteiger partial charge is 0.190 e. The molecule has 0 unspecified atom stereocenters. The van der Waals surface area contributed by atoms with Gasteiger partial charge in [-0.2, -0.15) is 0 Å². The third-order valence-electron chi connectivity index (χ3n) is 4.67. The highest BCUT2D eigenvalue weighted by molar-refractivity contribution is 7.98. The van der Waals surface area contributed by atoms with E-state index in [1.54, 1.807) is 19.2 Å². The van der Waals surface area contributed by atoms with Crippen LogP contribution in [0.4, 0.5) is 5.82 Å². The van der Waals surface area contributed by atoms with Gasteiger partial charge >= 0.3 is 0 Å². The van der Waals surface area contributed by atoms with Crippen LogP contribution in [0, 0.1) is 0 Å². The maximum Gasteiger partial charge on any atom is 0.190 e. The molecular weight excluding hydrogens is 362 g/mol. The summed E-state index contributed by atoms with van der Waals surface area (Å²) in [4.78, 5) is 22.7. The molecule has 27 heavy (non-hydrogen) atoms. The highest BCUT2D eigenvalue weighted by Crippen LogP contribution is 2.27. The molecule has 1 aromatic heterocycles. The SMILES string of the molecule is COCc1cc(N2CCCC[C@@H]2C)nc(SCc2cccc(C(=O)[O-])c2)n1. The molecule has 0 amide bonds. The number of nitrogens with zero attached hydrogens (tertiary/aromatic N) is 3. The molecule has 1 aliphatic rings. The molecule has 3 rings (SSSR count). The van der Waals surface area contributed by atoms with Crippen molar-refractivity contribution >= 4 is 23.5 Å². The van der Waals surface area contributed by atoms with Crippen molar-refractivity contribution in [3.63, 3.8) is 0 Å². The molecule has 1 fully saturated rings. The van der Waals surface area contributed by atoms with Crippen LogP contribution >= 0.6 is 11.8 Å². The van der Waals surface area contributed by atoms with Crippen molar-refractivity contribution in [3.8, 4) is 0 Å². The molecule has 0 saturated carbocycles. The summed E-state index contributed by atoms with van der Waals surface area (Å²) in [6.45, 7) is 3.67. The standard InChI is InChI=1S/C20H25N3O3S/c1-14-6-3-4-9-23(14)18-11-17(12-26-2)21-20(22-18)27-13-15-7-5-8-16(10-15)19(24)25/h5,7-8,10-11,14H,3-4,6,9,12-13H2,1-2H3,(H,24,25)/p-1/t14-/m0/s1. The van der Waals surface area contributed by atoms with Gasteiger partial charge in [0.2, 0.25) is 0 Å². The number of carbonyl (C=O) groups excluding carboxylic acids is 1. The Balaban J connectivity index is 1.79. The number of hydrogen-bond acceptors (Lipinski definition) is 7. The Morgan fingerprint density at radius 1 is 1.33 bits per heavy atom. The molecule has 1 aromatic carbocycles. The first-order valence-electron chi connectivity index (χ1n) is 9.13. The molecule has 144 valence electrons. The lowest BCUT2D eigenvalue weighted by atomic mass is 10.0. The minimum Gasteiger partial charge on any atom is -0.545 e. The van der Waals surface area contributed by atoms with E-state index in [0.717, 1.165) is 23.6 Å². The summed E-state index contributed by atoms with van der Waals surface area (Å²) in [6, 6.07) is 9.26. The molecule has 2 heterocycles. The molecule has 2 aromatic rings. The zero-order valence-electron chi connectivity index (χ0n) is 15.7. The van der Waals surface area contributed by atoms with Crippen LogP contribution in [0.2, 0.25) is 0 Å². The molecule has 1 aliphatic heterocycles. The first-order chi connectivity index (χ1) is 13.1. The zero-order valence-corrected chi connectivity index (χ0v) is 16.5. The molecular formula is C20H24N3O3S-. The summed E-state index contributed by atoms with van der Waals surface area (Å²) in [7, 11) is 1.66. The molecule has 6 nitrogen and oxygen atoms in total. The van der Waals surface area contributed by atoms with Gasteiger partial charge in [0.25, 0.3) is 0 Å². The highest BCUT2D eigenvalue weighted by atomic mass is 32.2. The quantitative estimate of drug-likeness (QED) is 0.535. The predicted octanol–water partition coefficient (Wildman–Crippen LogP) is 2.66. The van der Waals surface area contributed by atoms with Crippen LogP contribution in [0.25, 0.3) is 0 Å². The molecule has 1 atom stereocenters. The second kappa shape index (κ2) is 9.19. The number of anilines is 1. The van der Waals surface area contributed by atoms with Crippen LogP contribution in [0.1, 0.15) is 47.8 Å². The number of aromatic carboxylic acids is 1. The summed E-state index contributed by atoms with van der Waals surface area (Å²) in [5, 5.41) is 11.7. The Hall–Kier alpha value is -2.12. The number of methoxy groups -OCH3 is 1. The topological polar surface area (TPSA) is 78.4 Å². The highest BCUT2D eigenvalue weighted by Gasteiger charge is 2.21. The molecule has 1 saturated heterocycles. The number of thioether (sulfide) groups is 1. The third-order valence-corrected chi connectivity index (χ3v) is 5.58. The number of carboxylic acid groups (broad SMARTS) is 1. The average molecular weight is 386 g/mol. The summed E-state index contributed by atoms with van der Waals surface area (Å²) >= 11 is 1.50. The van der Waals surface area contributed by atoms with E-state index < -0.39 is 5.97 Å². The number of ether oxygens (including phenoxy) is 1. The first-order valence-corrected chi connectivity index (χ1v) is 10.1. The van der Waals surface area contributed by atoms with Gasteiger partial charge in [-0.3, -0.25) is 0 Å². The van der Waals surface area contributed by atoms with Crippen molar-refractivity contribution in [2.75, 3.05) is 18.6 Å². The fourth-order valence-corrected chi connectivity index (χ4v) is 4.08. The number of rotatable bonds is 7. The van der Waals surface area contributed by atoms with Gasteiger partial charge in [0.15, 0.2) is 5.16 Å². The number of benzene rings is 1. The van der Waals surface area contributed by atoms with Gasteiger partial charge in [0, 0.05) is 31.5 Å². The molecule has 0 aliphatic carbocycles. The summed E-state index contributed by atoms with van der Waals surface area (Å²) < 4.78 is 5.27. The maximum absolute atomic E-state index is 11.0. The van der Waals surface area contributed by atoms with Gasteiger partial charge in [0.05, 0.1) is 18.3 Å². The van der Waals surface area contributed by atoms with Gasteiger partial charge < -0.3 is 19.5 Å². The Labute approximate surface area is 164 Å². The molecule has 0 spiro atoms. The van der Waals surface area contributed by atoms with Crippen molar-refractivity contribution in [2.45, 2.75) is 49.7 Å². The Morgan fingerprint density at radius 2 is 2.19 bits per heavy atom. The average Bonchev–Trinajstić information content (AvgIpc) is 2.67. The predicted molar refractivity (Wildman–Crippen MR) is 104 cm³/mol. The van der Waals surface area contributed by atoms with Gasteiger partial charge in [0.1, 0.15) is 5.82 Å². The normalized spacial score (nSPS) is 17.1. The Bertz CT molecular complexity index is 800. The van der Waals surface area contributed by atoms with Crippen LogP contribution in [-0.2, 0) is 17.1 Å². The minimum atomic E-state index is -1.17. The van der Waals surface area contributed by atoms with E-state index in [2.05, 4.69) is 16.8 Å². The second-order valence-electron chi connectivity index (χ2n) is 6.75. The number of aromatic nitrogens is 2.